The Kier molecular flexibility index (Phi) is 6.11. The van der Waals surface area contributed by atoms with Crippen LogP contribution >= 0.6 is 0 Å². The van der Waals surface area contributed by atoms with Crippen LogP contribution in [0.1, 0.15) is 55.6 Å². The number of carbonyl (C=O) groups excluding carboxylic acids is 2. The van der Waals surface area contributed by atoms with Crippen molar-refractivity contribution in [3.8, 4) is 0 Å². The quantitative estimate of drug-likeness (QED) is 0.799. The lowest BCUT2D eigenvalue weighted by Gasteiger charge is -2.29. The Balaban J connectivity index is 1.67. The molecule has 2 atom stereocenters. The van der Waals surface area contributed by atoms with E-state index in [9.17, 15) is 14.4 Å². The van der Waals surface area contributed by atoms with Gasteiger partial charge in [0.15, 0.2) is 6.61 Å². The maximum atomic E-state index is 12.4. The minimum absolute atomic E-state index is 0.140. The number of carbonyl (C=O) groups is 2. The Bertz CT molecular complexity index is 951. The van der Waals surface area contributed by atoms with E-state index in [0.717, 1.165) is 19.3 Å². The second kappa shape index (κ2) is 8.54. The van der Waals surface area contributed by atoms with Crippen LogP contribution in [0.15, 0.2) is 23.0 Å². The lowest BCUT2D eigenvalue weighted by atomic mass is 9.86. The number of benzene rings is 1. The van der Waals surface area contributed by atoms with Crippen LogP contribution in [0.3, 0.4) is 0 Å². The van der Waals surface area contributed by atoms with Gasteiger partial charge in [-0.05, 0) is 50.8 Å². The van der Waals surface area contributed by atoms with Crippen molar-refractivity contribution in [1.29, 1.82) is 0 Å². The van der Waals surface area contributed by atoms with Gasteiger partial charge in [-0.3, -0.25) is 9.59 Å². The van der Waals surface area contributed by atoms with Crippen LogP contribution in [-0.4, -0.2) is 34.1 Å². The molecule has 7 nitrogen and oxygen atoms in total. The molecule has 28 heavy (non-hydrogen) atoms. The molecule has 1 aromatic heterocycles. The van der Waals surface area contributed by atoms with Crippen LogP contribution in [0.4, 0.5) is 0 Å². The number of nitrogens with one attached hydrogen (secondary N) is 1. The number of fused-ring (bicyclic) bond motifs is 1. The standard InChI is InChI=1S/C21H27N3O4/c1-4-24-18-10-9-15(11-17(18)22-14(3)20(24)26)21(27)28-12-19(25)23-16-8-6-5-7-13(16)2/h9-11,13,16H,4-8,12H2,1-3H3,(H,23,25)/t13-,16-/m0/s1. The van der Waals surface area contributed by atoms with Gasteiger partial charge in [-0.2, -0.15) is 0 Å². The summed E-state index contributed by atoms with van der Waals surface area (Å²) in [4.78, 5) is 40.9. The van der Waals surface area contributed by atoms with Crippen molar-refractivity contribution in [3.05, 3.63) is 39.8 Å². The van der Waals surface area contributed by atoms with Crippen molar-refractivity contribution < 1.29 is 14.3 Å². The summed E-state index contributed by atoms with van der Waals surface area (Å²) in [5.74, 6) is -0.413. The van der Waals surface area contributed by atoms with Crippen molar-refractivity contribution in [1.82, 2.24) is 14.9 Å². The number of ether oxygens (including phenoxy) is 1. The first-order valence-corrected chi connectivity index (χ1v) is 9.88. The minimum atomic E-state index is -0.581. The maximum absolute atomic E-state index is 12.4. The van der Waals surface area contributed by atoms with Gasteiger partial charge < -0.3 is 14.6 Å². The van der Waals surface area contributed by atoms with E-state index in [4.69, 9.17) is 4.74 Å². The zero-order chi connectivity index (χ0) is 20.3. The van der Waals surface area contributed by atoms with Crippen LogP contribution < -0.4 is 10.9 Å². The number of hydrogen-bond donors (Lipinski definition) is 1. The van der Waals surface area contributed by atoms with Crippen LogP contribution in [0.5, 0.6) is 0 Å². The molecule has 0 unspecified atom stereocenters. The zero-order valence-electron chi connectivity index (χ0n) is 16.7. The highest BCUT2D eigenvalue weighted by atomic mass is 16.5. The molecule has 1 N–H and O–H groups in total. The molecule has 3 rings (SSSR count). The van der Waals surface area contributed by atoms with Crippen LogP contribution in [-0.2, 0) is 16.1 Å². The molecule has 1 aliphatic rings. The predicted molar refractivity (Wildman–Crippen MR) is 106 cm³/mol. The summed E-state index contributed by atoms with van der Waals surface area (Å²) in [7, 11) is 0. The van der Waals surface area contributed by atoms with Crippen molar-refractivity contribution in [2.24, 2.45) is 5.92 Å². The Morgan fingerprint density at radius 1 is 1.29 bits per heavy atom. The second-order valence-electron chi connectivity index (χ2n) is 7.46. The van der Waals surface area contributed by atoms with E-state index in [1.165, 1.54) is 6.42 Å². The molecular formula is C21H27N3O4. The molecule has 1 amide bonds. The van der Waals surface area contributed by atoms with Crippen LogP contribution in [0, 0.1) is 12.8 Å². The highest BCUT2D eigenvalue weighted by Crippen LogP contribution is 2.23. The number of esters is 1. The molecular weight excluding hydrogens is 358 g/mol. The number of rotatable bonds is 5. The van der Waals surface area contributed by atoms with Crippen molar-refractivity contribution in [2.45, 2.75) is 59.0 Å². The molecule has 1 aromatic carbocycles. The molecule has 0 bridgehead atoms. The topological polar surface area (TPSA) is 90.3 Å². The van der Waals surface area contributed by atoms with Gasteiger partial charge in [0.1, 0.15) is 5.69 Å². The number of amides is 1. The van der Waals surface area contributed by atoms with E-state index in [1.54, 1.807) is 29.7 Å². The predicted octanol–water partition coefficient (Wildman–Crippen LogP) is 2.58. The van der Waals surface area contributed by atoms with E-state index < -0.39 is 5.97 Å². The van der Waals surface area contributed by atoms with Crippen molar-refractivity contribution in [3.63, 3.8) is 0 Å². The number of nitrogens with zero attached hydrogens (tertiary/aromatic N) is 2. The normalized spacial score (nSPS) is 19.4. The summed E-state index contributed by atoms with van der Waals surface area (Å²) < 4.78 is 6.80. The van der Waals surface area contributed by atoms with Gasteiger partial charge in [0.05, 0.1) is 16.6 Å². The SMILES string of the molecule is CCn1c(=O)c(C)nc2cc(C(=O)OCC(=O)N[C@H]3CCCC[C@@H]3C)ccc21. The highest BCUT2D eigenvalue weighted by Gasteiger charge is 2.23. The van der Waals surface area contributed by atoms with Crippen LogP contribution in [0.2, 0.25) is 0 Å². The highest BCUT2D eigenvalue weighted by molar-refractivity contribution is 5.94. The van der Waals surface area contributed by atoms with Gasteiger partial charge in [-0.1, -0.05) is 19.8 Å². The smallest absolute Gasteiger partial charge is 0.338 e. The van der Waals surface area contributed by atoms with Crippen molar-refractivity contribution >= 4 is 22.9 Å². The molecule has 7 heteroatoms. The van der Waals surface area contributed by atoms with E-state index in [2.05, 4.69) is 17.2 Å². The average Bonchev–Trinajstić information content (AvgIpc) is 2.68. The molecule has 1 fully saturated rings. The van der Waals surface area contributed by atoms with Gasteiger partial charge in [0, 0.05) is 12.6 Å². The maximum Gasteiger partial charge on any atom is 0.338 e. The summed E-state index contributed by atoms with van der Waals surface area (Å²) in [5, 5.41) is 2.97. The summed E-state index contributed by atoms with van der Waals surface area (Å²) in [6.45, 7) is 5.88. The first kappa shape index (κ1) is 20.0. The third-order valence-corrected chi connectivity index (χ3v) is 5.45. The summed E-state index contributed by atoms with van der Waals surface area (Å²) in [6.07, 6.45) is 4.39. The number of hydrogen-bond acceptors (Lipinski definition) is 5. The van der Waals surface area contributed by atoms with E-state index in [0.29, 0.717) is 34.8 Å². The number of aromatic nitrogens is 2. The molecule has 1 heterocycles. The van der Waals surface area contributed by atoms with E-state index in [-0.39, 0.29) is 24.1 Å². The fraction of sp³-hybridized carbons (Fsp3) is 0.524. The Hall–Kier alpha value is -2.70. The lowest BCUT2D eigenvalue weighted by molar-refractivity contribution is -0.125. The van der Waals surface area contributed by atoms with Gasteiger partial charge in [-0.25, -0.2) is 9.78 Å². The van der Waals surface area contributed by atoms with Gasteiger partial charge in [0.25, 0.3) is 11.5 Å². The van der Waals surface area contributed by atoms with Gasteiger partial charge >= 0.3 is 5.97 Å². The first-order valence-electron chi connectivity index (χ1n) is 9.88. The first-order chi connectivity index (χ1) is 13.4. The van der Waals surface area contributed by atoms with Gasteiger partial charge in [0.2, 0.25) is 0 Å². The second-order valence-corrected chi connectivity index (χ2v) is 7.46. The number of aryl methyl sites for hydroxylation is 2. The lowest BCUT2D eigenvalue weighted by Crippen LogP contribution is -2.42. The fourth-order valence-corrected chi connectivity index (χ4v) is 3.81. The molecule has 0 aliphatic heterocycles. The zero-order valence-corrected chi connectivity index (χ0v) is 16.7. The average molecular weight is 385 g/mol. The summed E-state index contributed by atoms with van der Waals surface area (Å²) in [5.41, 5.74) is 1.76. The molecule has 0 spiro atoms. The molecule has 150 valence electrons. The molecule has 0 radical (unpaired) electrons. The Labute approximate surface area is 164 Å². The largest absolute Gasteiger partial charge is 0.452 e. The summed E-state index contributed by atoms with van der Waals surface area (Å²) >= 11 is 0. The van der Waals surface area contributed by atoms with Gasteiger partial charge in [-0.15, -0.1) is 0 Å². The molecule has 0 saturated heterocycles. The third-order valence-electron chi connectivity index (χ3n) is 5.45. The van der Waals surface area contributed by atoms with E-state index in [1.807, 2.05) is 6.92 Å². The Morgan fingerprint density at radius 3 is 2.75 bits per heavy atom. The minimum Gasteiger partial charge on any atom is -0.452 e. The fourth-order valence-electron chi connectivity index (χ4n) is 3.81. The van der Waals surface area contributed by atoms with Crippen LogP contribution in [0.25, 0.3) is 11.0 Å². The molecule has 1 saturated carbocycles. The van der Waals surface area contributed by atoms with Crippen molar-refractivity contribution in [2.75, 3.05) is 6.61 Å². The summed E-state index contributed by atoms with van der Waals surface area (Å²) in [6, 6.07) is 5.03. The molecule has 1 aliphatic carbocycles. The molecule has 2 aromatic rings. The third kappa shape index (κ3) is 4.24. The van der Waals surface area contributed by atoms with E-state index >= 15 is 0 Å². The Morgan fingerprint density at radius 2 is 2.04 bits per heavy atom. The monoisotopic (exact) mass is 385 g/mol.